The van der Waals surface area contributed by atoms with Crippen molar-refractivity contribution in [2.45, 2.75) is 15.8 Å². The second-order valence-electron chi connectivity index (χ2n) is 2.90. The number of halogens is 1. The number of hydrogen-bond donors (Lipinski definition) is 1. The van der Waals surface area contributed by atoms with E-state index in [0.717, 1.165) is 14.4 Å². The van der Waals surface area contributed by atoms with E-state index in [0.29, 0.717) is 6.54 Å². The van der Waals surface area contributed by atoms with E-state index in [2.05, 4.69) is 33.0 Å². The molecule has 2 rings (SSSR count). The smallest absolute Gasteiger partial charge is 0.154 e. The summed E-state index contributed by atoms with van der Waals surface area (Å²) in [5.74, 6) is 0. The molecule has 1 aromatic carbocycles. The summed E-state index contributed by atoms with van der Waals surface area (Å²) in [4.78, 5) is 5.40. The third kappa shape index (κ3) is 3.04. The maximum Gasteiger partial charge on any atom is 0.154 e. The average molecular weight is 301 g/mol. The van der Waals surface area contributed by atoms with Crippen LogP contribution < -0.4 is 5.73 Å². The summed E-state index contributed by atoms with van der Waals surface area (Å²) < 4.78 is 2.11. The lowest BCUT2D eigenvalue weighted by Crippen LogP contribution is -1.95. The zero-order chi connectivity index (χ0) is 10.7. The predicted octanol–water partition coefficient (Wildman–Crippen LogP) is 3.52. The molecule has 0 amide bonds. The molecule has 0 fully saturated rings. The third-order valence-electron chi connectivity index (χ3n) is 1.78. The Hall–Kier alpha value is -0.360. The van der Waals surface area contributed by atoms with E-state index >= 15 is 0 Å². The minimum atomic E-state index is 0.560. The molecule has 0 bridgehead atoms. The minimum absolute atomic E-state index is 0.560. The third-order valence-corrected chi connectivity index (χ3v) is 4.09. The zero-order valence-electron chi connectivity index (χ0n) is 7.81. The topological polar surface area (TPSA) is 38.9 Å². The molecule has 0 saturated carbocycles. The monoisotopic (exact) mass is 300 g/mol. The van der Waals surface area contributed by atoms with Crippen molar-refractivity contribution >= 4 is 39.0 Å². The fraction of sp³-hybridized carbons (Fsp3) is 0.100. The van der Waals surface area contributed by atoms with Crippen LogP contribution in [0.5, 0.6) is 0 Å². The van der Waals surface area contributed by atoms with E-state index in [4.69, 9.17) is 5.73 Å². The number of nitrogens with two attached hydrogens (primary N) is 1. The maximum atomic E-state index is 5.62. The Kier molecular flexibility index (Phi) is 3.80. The molecule has 0 aliphatic carbocycles. The minimum Gasteiger partial charge on any atom is -0.326 e. The SMILES string of the molecule is NCc1cc(Br)cc(Sc2nccs2)c1. The molecule has 1 aromatic heterocycles. The molecule has 0 spiro atoms. The van der Waals surface area contributed by atoms with Crippen LogP contribution in [0.15, 0.2) is 43.5 Å². The molecular formula is C10H9BrN2S2. The maximum absolute atomic E-state index is 5.62. The summed E-state index contributed by atoms with van der Waals surface area (Å²) in [7, 11) is 0. The average Bonchev–Trinajstić information content (AvgIpc) is 2.69. The number of hydrogen-bond acceptors (Lipinski definition) is 4. The van der Waals surface area contributed by atoms with Gasteiger partial charge in [-0.3, -0.25) is 0 Å². The summed E-state index contributed by atoms with van der Waals surface area (Å²) in [6.07, 6.45) is 1.81. The zero-order valence-corrected chi connectivity index (χ0v) is 11.0. The molecule has 0 unspecified atom stereocenters. The van der Waals surface area contributed by atoms with Gasteiger partial charge in [0.1, 0.15) is 0 Å². The second-order valence-corrected chi connectivity index (χ2v) is 6.03. The standard InChI is InChI=1S/C10H9BrN2S2/c11-8-3-7(6-12)4-9(5-8)15-10-13-1-2-14-10/h1-5H,6,12H2. The van der Waals surface area contributed by atoms with Crippen LogP contribution in [0.25, 0.3) is 0 Å². The predicted molar refractivity (Wildman–Crippen MR) is 68.3 cm³/mol. The Balaban J connectivity index is 2.24. The van der Waals surface area contributed by atoms with Crippen LogP contribution >= 0.6 is 39.0 Å². The van der Waals surface area contributed by atoms with E-state index in [1.165, 1.54) is 4.90 Å². The van der Waals surface area contributed by atoms with Crippen molar-refractivity contribution < 1.29 is 0 Å². The van der Waals surface area contributed by atoms with Gasteiger partial charge in [0, 0.05) is 27.5 Å². The molecule has 0 saturated heterocycles. The molecule has 0 atom stereocenters. The highest BCUT2D eigenvalue weighted by Crippen LogP contribution is 2.31. The first-order valence-electron chi connectivity index (χ1n) is 4.35. The van der Waals surface area contributed by atoms with E-state index < -0.39 is 0 Å². The fourth-order valence-electron chi connectivity index (χ4n) is 1.16. The Morgan fingerprint density at radius 3 is 2.93 bits per heavy atom. The van der Waals surface area contributed by atoms with Crippen LogP contribution in [0, 0.1) is 0 Å². The van der Waals surface area contributed by atoms with Crippen LogP contribution in [0.2, 0.25) is 0 Å². The first-order chi connectivity index (χ1) is 7.28. The van der Waals surface area contributed by atoms with Crippen molar-refractivity contribution in [3.8, 4) is 0 Å². The van der Waals surface area contributed by atoms with Crippen molar-refractivity contribution in [3.05, 3.63) is 39.8 Å². The molecule has 0 radical (unpaired) electrons. The molecule has 78 valence electrons. The van der Waals surface area contributed by atoms with E-state index in [1.54, 1.807) is 23.1 Å². The van der Waals surface area contributed by atoms with Gasteiger partial charge in [0.2, 0.25) is 0 Å². The quantitative estimate of drug-likeness (QED) is 0.943. The molecule has 0 aliphatic rings. The van der Waals surface area contributed by atoms with Crippen LogP contribution in [0.3, 0.4) is 0 Å². The van der Waals surface area contributed by atoms with Crippen molar-refractivity contribution in [1.82, 2.24) is 4.98 Å². The van der Waals surface area contributed by atoms with Gasteiger partial charge in [-0.25, -0.2) is 4.98 Å². The van der Waals surface area contributed by atoms with Crippen molar-refractivity contribution in [3.63, 3.8) is 0 Å². The van der Waals surface area contributed by atoms with Gasteiger partial charge in [0.15, 0.2) is 4.34 Å². The molecule has 2 nitrogen and oxygen atoms in total. The Labute approximate surface area is 105 Å². The van der Waals surface area contributed by atoms with Crippen molar-refractivity contribution in [2.24, 2.45) is 5.73 Å². The highest BCUT2D eigenvalue weighted by Gasteiger charge is 2.02. The highest BCUT2D eigenvalue weighted by atomic mass is 79.9. The van der Waals surface area contributed by atoms with Gasteiger partial charge in [0.05, 0.1) is 0 Å². The molecule has 5 heteroatoms. The molecule has 2 aromatic rings. The Bertz CT molecular complexity index is 443. The largest absolute Gasteiger partial charge is 0.326 e. The van der Waals surface area contributed by atoms with Gasteiger partial charge in [0.25, 0.3) is 0 Å². The number of aromatic nitrogens is 1. The molecule has 2 N–H and O–H groups in total. The van der Waals surface area contributed by atoms with Gasteiger partial charge in [-0.05, 0) is 23.8 Å². The summed E-state index contributed by atoms with van der Waals surface area (Å²) in [5.41, 5.74) is 6.75. The van der Waals surface area contributed by atoms with Crippen LogP contribution in [-0.2, 0) is 6.54 Å². The summed E-state index contributed by atoms with van der Waals surface area (Å²) in [5, 5.41) is 1.98. The Morgan fingerprint density at radius 1 is 1.40 bits per heavy atom. The lowest BCUT2D eigenvalue weighted by atomic mass is 10.2. The number of rotatable bonds is 3. The summed E-state index contributed by atoms with van der Waals surface area (Å²) in [6, 6.07) is 6.20. The second kappa shape index (κ2) is 5.12. The van der Waals surface area contributed by atoms with E-state index in [1.807, 2.05) is 17.6 Å². The van der Waals surface area contributed by atoms with Crippen molar-refractivity contribution in [2.75, 3.05) is 0 Å². The van der Waals surface area contributed by atoms with Gasteiger partial charge < -0.3 is 5.73 Å². The lowest BCUT2D eigenvalue weighted by molar-refractivity contribution is 1.06. The van der Waals surface area contributed by atoms with Gasteiger partial charge in [-0.15, -0.1) is 11.3 Å². The van der Waals surface area contributed by atoms with E-state index in [-0.39, 0.29) is 0 Å². The molecule has 1 heterocycles. The first kappa shape index (κ1) is 11.1. The number of nitrogens with zero attached hydrogens (tertiary/aromatic N) is 1. The van der Waals surface area contributed by atoms with Crippen molar-refractivity contribution in [1.29, 1.82) is 0 Å². The van der Waals surface area contributed by atoms with Crippen LogP contribution in [0.4, 0.5) is 0 Å². The molecular weight excluding hydrogens is 292 g/mol. The fourth-order valence-corrected chi connectivity index (χ4v) is 3.57. The lowest BCUT2D eigenvalue weighted by Gasteiger charge is -2.03. The van der Waals surface area contributed by atoms with Gasteiger partial charge in [-0.2, -0.15) is 0 Å². The Morgan fingerprint density at radius 2 is 2.27 bits per heavy atom. The van der Waals surface area contributed by atoms with Gasteiger partial charge >= 0.3 is 0 Å². The van der Waals surface area contributed by atoms with Gasteiger partial charge in [-0.1, -0.05) is 27.7 Å². The molecule has 15 heavy (non-hydrogen) atoms. The van der Waals surface area contributed by atoms with E-state index in [9.17, 15) is 0 Å². The normalized spacial score (nSPS) is 10.5. The molecule has 0 aliphatic heterocycles. The number of benzene rings is 1. The van der Waals surface area contributed by atoms with Crippen LogP contribution in [0.1, 0.15) is 5.56 Å². The first-order valence-corrected chi connectivity index (χ1v) is 6.84. The summed E-state index contributed by atoms with van der Waals surface area (Å²) in [6.45, 7) is 0.560. The highest BCUT2D eigenvalue weighted by molar-refractivity contribution is 9.10. The van der Waals surface area contributed by atoms with Crippen LogP contribution in [-0.4, -0.2) is 4.98 Å². The number of thiazole rings is 1. The summed E-state index contributed by atoms with van der Waals surface area (Å²) >= 11 is 6.77.